The van der Waals surface area contributed by atoms with Gasteiger partial charge in [-0.15, -0.1) is 11.3 Å². The summed E-state index contributed by atoms with van der Waals surface area (Å²) in [6.07, 6.45) is 0. The van der Waals surface area contributed by atoms with Crippen molar-refractivity contribution in [3.05, 3.63) is 57.2 Å². The van der Waals surface area contributed by atoms with Gasteiger partial charge >= 0.3 is 0 Å². The largest absolute Gasteiger partial charge is 0.321 e. The predicted octanol–water partition coefficient (Wildman–Crippen LogP) is 5.73. The molecule has 124 valence electrons. The fraction of sp³-hybridized carbons (Fsp3) is 0.263. The van der Waals surface area contributed by atoms with Gasteiger partial charge < -0.3 is 5.32 Å². The molecule has 3 nitrogen and oxygen atoms in total. The Balaban J connectivity index is 1.89. The lowest BCUT2D eigenvalue weighted by Gasteiger charge is -2.22. The molecule has 3 rings (SSSR count). The van der Waals surface area contributed by atoms with Gasteiger partial charge in [-0.2, -0.15) is 11.3 Å². The molecule has 1 N–H and O–H groups in total. The van der Waals surface area contributed by atoms with E-state index in [0.717, 1.165) is 27.5 Å². The Kier molecular flexibility index (Phi) is 4.56. The number of rotatable bonds is 3. The summed E-state index contributed by atoms with van der Waals surface area (Å²) in [6.45, 7) is 8.32. The van der Waals surface area contributed by atoms with Crippen molar-refractivity contribution in [2.45, 2.75) is 33.1 Å². The molecule has 5 heteroatoms. The van der Waals surface area contributed by atoms with Crippen molar-refractivity contribution in [3.63, 3.8) is 0 Å². The fourth-order valence-electron chi connectivity index (χ4n) is 2.54. The Bertz CT molecular complexity index is 858. The summed E-state index contributed by atoms with van der Waals surface area (Å²) in [7, 11) is 0. The maximum absolute atomic E-state index is 12.8. The topological polar surface area (TPSA) is 42.0 Å². The van der Waals surface area contributed by atoms with Crippen LogP contribution in [0.4, 0.5) is 5.69 Å². The zero-order chi connectivity index (χ0) is 17.3. The monoisotopic (exact) mass is 356 g/mol. The Morgan fingerprint density at radius 2 is 1.92 bits per heavy atom. The summed E-state index contributed by atoms with van der Waals surface area (Å²) in [4.78, 5) is 18.0. The highest BCUT2D eigenvalue weighted by atomic mass is 32.1. The van der Waals surface area contributed by atoms with Crippen LogP contribution in [-0.4, -0.2) is 10.9 Å². The number of aromatic nitrogens is 1. The molecule has 0 aliphatic heterocycles. The summed E-state index contributed by atoms with van der Waals surface area (Å²) >= 11 is 3.07. The Morgan fingerprint density at radius 3 is 2.58 bits per heavy atom. The van der Waals surface area contributed by atoms with Crippen LogP contribution in [0, 0.1) is 6.92 Å². The number of anilines is 1. The van der Waals surface area contributed by atoms with E-state index in [4.69, 9.17) is 0 Å². The van der Waals surface area contributed by atoms with E-state index in [0.29, 0.717) is 4.88 Å². The molecule has 0 aliphatic carbocycles. The molecule has 2 aromatic heterocycles. The number of carbonyl (C=O) groups is 1. The molecule has 0 radical (unpaired) electrons. The molecule has 0 unspecified atom stereocenters. The standard InChI is InChI=1S/C19H20N2OS2/c1-12-16(24-18(20-12)13-9-10-23-11-13)17(22)21-15-8-6-5-7-14(15)19(2,3)4/h5-11H,1-4H3,(H,21,22). The second-order valence-electron chi connectivity index (χ2n) is 6.70. The van der Waals surface area contributed by atoms with Gasteiger partial charge in [0, 0.05) is 16.6 Å². The molecule has 1 aromatic carbocycles. The van der Waals surface area contributed by atoms with Crippen LogP contribution in [0.15, 0.2) is 41.1 Å². The molecule has 0 spiro atoms. The summed E-state index contributed by atoms with van der Waals surface area (Å²) in [5, 5.41) is 8.03. The SMILES string of the molecule is Cc1nc(-c2ccsc2)sc1C(=O)Nc1ccccc1C(C)(C)C. The van der Waals surface area contributed by atoms with Crippen LogP contribution in [0.5, 0.6) is 0 Å². The Labute approximate surface area is 150 Å². The first kappa shape index (κ1) is 16.9. The summed E-state index contributed by atoms with van der Waals surface area (Å²) in [5.74, 6) is -0.0943. The molecule has 2 heterocycles. The quantitative estimate of drug-likeness (QED) is 0.651. The highest BCUT2D eigenvalue weighted by molar-refractivity contribution is 7.17. The van der Waals surface area contributed by atoms with Crippen molar-refractivity contribution < 1.29 is 4.79 Å². The van der Waals surface area contributed by atoms with Gasteiger partial charge in [-0.05, 0) is 35.4 Å². The maximum Gasteiger partial charge on any atom is 0.267 e. The number of benzene rings is 1. The normalized spacial score (nSPS) is 11.5. The fourth-order valence-corrected chi connectivity index (χ4v) is 4.21. The second-order valence-corrected chi connectivity index (χ2v) is 8.47. The number of thiazole rings is 1. The lowest BCUT2D eigenvalue weighted by Crippen LogP contribution is -2.18. The van der Waals surface area contributed by atoms with Crippen LogP contribution in [0.2, 0.25) is 0 Å². The lowest BCUT2D eigenvalue weighted by atomic mass is 9.86. The maximum atomic E-state index is 12.8. The van der Waals surface area contributed by atoms with Crippen LogP contribution in [0.1, 0.15) is 41.7 Å². The number of aryl methyl sites for hydroxylation is 1. The van der Waals surface area contributed by atoms with Crippen LogP contribution >= 0.6 is 22.7 Å². The van der Waals surface area contributed by atoms with E-state index in [2.05, 4.69) is 42.5 Å². The van der Waals surface area contributed by atoms with Crippen molar-refractivity contribution in [1.82, 2.24) is 4.98 Å². The first-order valence-corrected chi connectivity index (χ1v) is 9.53. The van der Waals surface area contributed by atoms with Crippen LogP contribution < -0.4 is 5.32 Å². The third-order valence-corrected chi connectivity index (χ3v) is 5.64. The lowest BCUT2D eigenvalue weighted by molar-refractivity contribution is 0.102. The number of nitrogens with one attached hydrogen (secondary N) is 1. The zero-order valence-electron chi connectivity index (χ0n) is 14.2. The number of para-hydroxylation sites is 1. The van der Waals surface area contributed by atoms with Gasteiger partial charge in [0.25, 0.3) is 5.91 Å². The molecular formula is C19H20N2OS2. The van der Waals surface area contributed by atoms with E-state index in [1.165, 1.54) is 11.3 Å². The highest BCUT2D eigenvalue weighted by Crippen LogP contribution is 2.32. The van der Waals surface area contributed by atoms with Gasteiger partial charge in [0.1, 0.15) is 9.88 Å². The van der Waals surface area contributed by atoms with Crippen LogP contribution in [-0.2, 0) is 5.41 Å². The van der Waals surface area contributed by atoms with Gasteiger partial charge in [0.05, 0.1) is 5.69 Å². The minimum Gasteiger partial charge on any atom is -0.321 e. The number of nitrogens with zero attached hydrogens (tertiary/aromatic N) is 1. The minimum atomic E-state index is -0.0943. The van der Waals surface area contributed by atoms with E-state index in [9.17, 15) is 4.79 Å². The van der Waals surface area contributed by atoms with E-state index in [-0.39, 0.29) is 11.3 Å². The third kappa shape index (κ3) is 3.42. The van der Waals surface area contributed by atoms with Gasteiger partial charge in [-0.3, -0.25) is 4.79 Å². The predicted molar refractivity (Wildman–Crippen MR) is 103 cm³/mol. The van der Waals surface area contributed by atoms with Crippen LogP contribution in [0.25, 0.3) is 10.6 Å². The summed E-state index contributed by atoms with van der Waals surface area (Å²) in [5.41, 5.74) is 3.79. The first-order valence-electron chi connectivity index (χ1n) is 7.77. The molecule has 0 saturated heterocycles. The summed E-state index contributed by atoms with van der Waals surface area (Å²) in [6, 6.07) is 9.99. The molecular weight excluding hydrogens is 336 g/mol. The highest BCUT2D eigenvalue weighted by Gasteiger charge is 2.21. The van der Waals surface area contributed by atoms with Gasteiger partial charge in [-0.1, -0.05) is 39.0 Å². The molecule has 0 aliphatic rings. The van der Waals surface area contributed by atoms with Gasteiger partial charge in [-0.25, -0.2) is 4.98 Å². The number of thiophene rings is 1. The van der Waals surface area contributed by atoms with Crippen LogP contribution in [0.3, 0.4) is 0 Å². The van der Waals surface area contributed by atoms with Gasteiger partial charge in [0.2, 0.25) is 0 Å². The minimum absolute atomic E-state index is 0.0333. The van der Waals surface area contributed by atoms with Crippen molar-refractivity contribution in [2.75, 3.05) is 5.32 Å². The van der Waals surface area contributed by atoms with Crippen molar-refractivity contribution >= 4 is 34.3 Å². The second kappa shape index (κ2) is 6.49. The van der Waals surface area contributed by atoms with E-state index >= 15 is 0 Å². The van der Waals surface area contributed by atoms with Crippen molar-refractivity contribution in [2.24, 2.45) is 0 Å². The molecule has 0 saturated carbocycles. The molecule has 0 fully saturated rings. The van der Waals surface area contributed by atoms with E-state index in [1.54, 1.807) is 11.3 Å². The number of carbonyl (C=O) groups excluding carboxylic acids is 1. The Morgan fingerprint density at radius 1 is 1.17 bits per heavy atom. The van der Waals surface area contributed by atoms with E-state index in [1.807, 2.05) is 36.6 Å². The van der Waals surface area contributed by atoms with Crippen molar-refractivity contribution in [3.8, 4) is 10.6 Å². The molecule has 24 heavy (non-hydrogen) atoms. The van der Waals surface area contributed by atoms with Crippen molar-refractivity contribution in [1.29, 1.82) is 0 Å². The Hall–Kier alpha value is -1.98. The third-order valence-electron chi connectivity index (χ3n) is 3.75. The summed E-state index contributed by atoms with van der Waals surface area (Å²) < 4.78 is 0. The average Bonchev–Trinajstić information content (AvgIpc) is 3.15. The average molecular weight is 357 g/mol. The molecule has 1 amide bonds. The van der Waals surface area contributed by atoms with E-state index < -0.39 is 0 Å². The number of amides is 1. The zero-order valence-corrected chi connectivity index (χ0v) is 15.8. The molecule has 0 atom stereocenters. The van der Waals surface area contributed by atoms with Gasteiger partial charge in [0.15, 0.2) is 0 Å². The number of hydrogen-bond acceptors (Lipinski definition) is 4. The smallest absolute Gasteiger partial charge is 0.267 e. The molecule has 0 bridgehead atoms. The first-order chi connectivity index (χ1) is 11.4. The molecule has 3 aromatic rings. The number of hydrogen-bond donors (Lipinski definition) is 1.